The molecule has 39 heavy (non-hydrogen) atoms. The molecular weight excluding hydrogens is 521 g/mol. The maximum Gasteiger partial charge on any atom is 0.253 e. The molecule has 1 N–H and O–H groups in total. The highest BCUT2D eigenvalue weighted by atomic mass is 32.2. The first-order valence-electron chi connectivity index (χ1n) is 12.5. The van der Waals surface area contributed by atoms with Crippen molar-refractivity contribution in [1.29, 1.82) is 5.26 Å². The van der Waals surface area contributed by atoms with Crippen LogP contribution in [0.25, 0.3) is 11.1 Å². The quantitative estimate of drug-likeness (QED) is 0.498. The minimum absolute atomic E-state index is 0.0487. The number of nitriles is 1. The van der Waals surface area contributed by atoms with E-state index in [0.29, 0.717) is 22.3 Å². The van der Waals surface area contributed by atoms with E-state index in [9.17, 15) is 28.0 Å². The lowest BCUT2D eigenvalue weighted by atomic mass is 10.0. The van der Waals surface area contributed by atoms with Crippen LogP contribution in [0, 0.1) is 23.1 Å². The molecule has 0 radical (unpaired) electrons. The summed E-state index contributed by atoms with van der Waals surface area (Å²) in [4.78, 5) is 14.5. The van der Waals surface area contributed by atoms with Crippen LogP contribution in [0.15, 0.2) is 71.6 Å². The van der Waals surface area contributed by atoms with E-state index >= 15 is 0 Å². The number of aliphatic hydroxyl groups excluding tert-OH is 1. The van der Waals surface area contributed by atoms with E-state index in [0.717, 1.165) is 0 Å². The van der Waals surface area contributed by atoms with Crippen LogP contribution in [0.3, 0.4) is 0 Å². The molecule has 1 aliphatic rings. The Kier molecular flexibility index (Phi) is 8.35. The number of nitrogens with zero attached hydrogens (tertiary/aromatic N) is 3. The van der Waals surface area contributed by atoms with Gasteiger partial charge in [0.25, 0.3) is 5.91 Å². The van der Waals surface area contributed by atoms with Gasteiger partial charge in [-0.2, -0.15) is 9.57 Å². The Morgan fingerprint density at radius 2 is 1.87 bits per heavy atom. The number of rotatable bonds is 6. The fourth-order valence-corrected chi connectivity index (χ4v) is 6.38. The highest BCUT2D eigenvalue weighted by Crippen LogP contribution is 2.36. The molecule has 0 saturated carbocycles. The SMILES string of the molecule is C[C@H]1CN([C@@H](C)CO)S(=O)(=O)c2ccc(-c3cccc(C#N)c3)cc2O[C@H]1CN(C)C(=O)c1ccc(F)cc1. The number of sulfonamides is 1. The zero-order valence-corrected chi connectivity index (χ0v) is 22.7. The van der Waals surface area contributed by atoms with Gasteiger partial charge in [-0.15, -0.1) is 0 Å². The second-order valence-corrected chi connectivity index (χ2v) is 11.6. The molecule has 8 nitrogen and oxygen atoms in total. The first kappa shape index (κ1) is 28.2. The zero-order valence-electron chi connectivity index (χ0n) is 21.9. The average molecular weight is 552 g/mol. The molecule has 10 heteroatoms. The summed E-state index contributed by atoms with van der Waals surface area (Å²) in [5.74, 6) is -1.03. The molecule has 1 heterocycles. The maximum atomic E-state index is 13.7. The number of carbonyl (C=O) groups excluding carboxylic acids is 1. The monoisotopic (exact) mass is 551 g/mol. The topological polar surface area (TPSA) is 111 Å². The van der Waals surface area contributed by atoms with Crippen molar-refractivity contribution in [2.24, 2.45) is 5.92 Å². The first-order valence-corrected chi connectivity index (χ1v) is 13.9. The van der Waals surface area contributed by atoms with E-state index in [1.165, 1.54) is 39.5 Å². The number of likely N-dealkylation sites (N-methyl/N-ethyl adjacent to an activating group) is 1. The van der Waals surface area contributed by atoms with Crippen LogP contribution >= 0.6 is 0 Å². The highest BCUT2D eigenvalue weighted by Gasteiger charge is 2.38. The van der Waals surface area contributed by atoms with Gasteiger partial charge in [0.2, 0.25) is 10.0 Å². The van der Waals surface area contributed by atoms with E-state index in [-0.39, 0.29) is 42.2 Å². The summed E-state index contributed by atoms with van der Waals surface area (Å²) in [5.41, 5.74) is 2.15. The fraction of sp³-hybridized carbons (Fsp3) is 0.310. The number of hydrogen-bond acceptors (Lipinski definition) is 6. The molecule has 3 atom stereocenters. The van der Waals surface area contributed by atoms with Crippen molar-refractivity contribution in [3.8, 4) is 22.9 Å². The van der Waals surface area contributed by atoms with Crippen molar-refractivity contribution in [2.75, 3.05) is 26.7 Å². The highest BCUT2D eigenvalue weighted by molar-refractivity contribution is 7.89. The van der Waals surface area contributed by atoms with E-state index in [1.807, 2.05) is 13.0 Å². The van der Waals surface area contributed by atoms with Gasteiger partial charge in [0.05, 0.1) is 24.8 Å². The number of aliphatic hydroxyl groups is 1. The van der Waals surface area contributed by atoms with E-state index in [2.05, 4.69) is 6.07 Å². The number of ether oxygens (including phenoxy) is 1. The Hall–Kier alpha value is -3.78. The second-order valence-electron chi connectivity index (χ2n) is 9.79. The number of fused-ring (bicyclic) bond motifs is 1. The fourth-order valence-electron chi connectivity index (χ4n) is 4.56. The van der Waals surface area contributed by atoms with Crippen molar-refractivity contribution in [2.45, 2.75) is 30.9 Å². The summed E-state index contributed by atoms with van der Waals surface area (Å²) in [5, 5.41) is 19.1. The molecular formula is C29H30FN3O5S. The Morgan fingerprint density at radius 1 is 1.18 bits per heavy atom. The van der Waals surface area contributed by atoms with Crippen molar-refractivity contribution < 1.29 is 27.4 Å². The minimum atomic E-state index is -4.03. The van der Waals surface area contributed by atoms with Gasteiger partial charge >= 0.3 is 0 Å². The Balaban J connectivity index is 1.75. The van der Waals surface area contributed by atoms with Gasteiger partial charge in [0, 0.05) is 31.1 Å². The third-order valence-electron chi connectivity index (χ3n) is 6.88. The summed E-state index contributed by atoms with van der Waals surface area (Å²) < 4.78 is 48.4. The molecule has 0 aliphatic carbocycles. The Labute approximate surface area is 227 Å². The van der Waals surface area contributed by atoms with Gasteiger partial charge in [-0.05, 0) is 66.6 Å². The molecule has 0 saturated heterocycles. The molecule has 3 aromatic rings. The van der Waals surface area contributed by atoms with Gasteiger partial charge in [-0.1, -0.05) is 25.1 Å². The lowest BCUT2D eigenvalue weighted by molar-refractivity contribution is 0.0564. The molecule has 3 aromatic carbocycles. The van der Waals surface area contributed by atoms with Crippen LogP contribution < -0.4 is 4.74 Å². The number of carbonyl (C=O) groups is 1. The summed E-state index contributed by atoms with van der Waals surface area (Å²) in [7, 11) is -2.43. The first-order chi connectivity index (χ1) is 18.5. The molecule has 0 fully saturated rings. The second kappa shape index (κ2) is 11.5. The van der Waals surface area contributed by atoms with Crippen LogP contribution in [0.1, 0.15) is 29.8 Å². The summed E-state index contributed by atoms with van der Waals surface area (Å²) in [6.45, 7) is 3.30. The number of amides is 1. The number of benzene rings is 3. The third-order valence-corrected chi connectivity index (χ3v) is 8.90. The van der Waals surface area contributed by atoms with Gasteiger partial charge in [0.15, 0.2) is 0 Å². The zero-order chi connectivity index (χ0) is 28.3. The Bertz CT molecular complexity index is 1500. The van der Waals surface area contributed by atoms with Crippen LogP contribution in [0.5, 0.6) is 5.75 Å². The molecule has 204 valence electrons. The minimum Gasteiger partial charge on any atom is -0.487 e. The Morgan fingerprint density at radius 3 is 2.54 bits per heavy atom. The normalized spacial score (nSPS) is 19.5. The van der Waals surface area contributed by atoms with Gasteiger partial charge in [-0.3, -0.25) is 4.79 Å². The van der Waals surface area contributed by atoms with Crippen LogP contribution in [-0.2, 0) is 10.0 Å². The van der Waals surface area contributed by atoms with Crippen molar-refractivity contribution >= 4 is 15.9 Å². The van der Waals surface area contributed by atoms with E-state index < -0.39 is 28.0 Å². The van der Waals surface area contributed by atoms with Crippen molar-refractivity contribution in [1.82, 2.24) is 9.21 Å². The largest absolute Gasteiger partial charge is 0.487 e. The summed E-state index contributed by atoms with van der Waals surface area (Å²) in [6.07, 6.45) is -0.609. The predicted molar refractivity (Wildman–Crippen MR) is 144 cm³/mol. The van der Waals surface area contributed by atoms with Crippen LogP contribution in [-0.4, -0.2) is 67.5 Å². The molecule has 0 spiro atoms. The predicted octanol–water partition coefficient (Wildman–Crippen LogP) is 3.91. The molecule has 0 aromatic heterocycles. The van der Waals surface area contributed by atoms with Crippen LogP contribution in [0.4, 0.5) is 4.39 Å². The smallest absolute Gasteiger partial charge is 0.253 e. The molecule has 0 bridgehead atoms. The lowest BCUT2D eigenvalue weighted by Gasteiger charge is -2.37. The van der Waals surface area contributed by atoms with E-state index in [1.54, 1.807) is 44.3 Å². The molecule has 1 amide bonds. The number of hydrogen-bond donors (Lipinski definition) is 1. The summed E-state index contributed by atoms with van der Waals surface area (Å²) >= 11 is 0. The third kappa shape index (κ3) is 5.96. The lowest BCUT2D eigenvalue weighted by Crippen LogP contribution is -2.50. The van der Waals surface area contributed by atoms with Crippen molar-refractivity contribution in [3.63, 3.8) is 0 Å². The summed E-state index contributed by atoms with van der Waals surface area (Å²) in [6, 6.07) is 18.4. The van der Waals surface area contributed by atoms with E-state index in [4.69, 9.17) is 4.74 Å². The van der Waals surface area contributed by atoms with Crippen molar-refractivity contribution in [3.05, 3.63) is 83.7 Å². The van der Waals surface area contributed by atoms with Gasteiger partial charge < -0.3 is 14.7 Å². The van der Waals surface area contributed by atoms with Crippen LogP contribution in [0.2, 0.25) is 0 Å². The van der Waals surface area contributed by atoms with Gasteiger partial charge in [-0.25, -0.2) is 12.8 Å². The number of halogens is 1. The molecule has 4 rings (SSSR count). The average Bonchev–Trinajstić information content (AvgIpc) is 2.94. The maximum absolute atomic E-state index is 13.7. The molecule has 1 aliphatic heterocycles. The van der Waals surface area contributed by atoms with Gasteiger partial charge in [0.1, 0.15) is 22.6 Å². The molecule has 0 unspecified atom stereocenters. The standard InChI is InChI=1S/C29H30FN3O5S/c1-19-16-33(20(2)18-34)39(36,37)28-12-9-24(23-6-4-5-21(13-23)15-31)14-26(28)38-27(19)17-32(3)29(35)22-7-10-25(30)11-8-22/h4-14,19-20,27,34H,16-18H2,1-3H3/t19-,20-,27-/m0/s1.